The van der Waals surface area contributed by atoms with Crippen LogP contribution in [0.5, 0.6) is 5.75 Å². The fourth-order valence-corrected chi connectivity index (χ4v) is 2.64. The van der Waals surface area contributed by atoms with Gasteiger partial charge in [-0.3, -0.25) is 0 Å². The van der Waals surface area contributed by atoms with Crippen LogP contribution in [0.3, 0.4) is 0 Å². The van der Waals surface area contributed by atoms with E-state index in [0.717, 1.165) is 35.8 Å². The number of aryl methyl sites for hydroxylation is 2. The first-order valence-corrected chi connectivity index (χ1v) is 8.68. The molecule has 1 aromatic heterocycles. The van der Waals surface area contributed by atoms with Gasteiger partial charge in [0.2, 0.25) is 5.95 Å². The van der Waals surface area contributed by atoms with Crippen LogP contribution in [0.1, 0.15) is 16.7 Å². The molecule has 0 aliphatic rings. The first-order valence-electron chi connectivity index (χ1n) is 8.68. The van der Waals surface area contributed by atoms with E-state index in [-0.39, 0.29) is 0 Å². The summed E-state index contributed by atoms with van der Waals surface area (Å²) in [5, 5.41) is 6.65. The molecule has 3 aromatic rings. The van der Waals surface area contributed by atoms with Gasteiger partial charge in [0.25, 0.3) is 0 Å². The van der Waals surface area contributed by atoms with E-state index in [9.17, 15) is 0 Å². The first-order chi connectivity index (χ1) is 12.6. The minimum Gasteiger partial charge on any atom is -0.497 e. The molecule has 134 valence electrons. The molecular weight excluding hydrogens is 324 g/mol. The van der Waals surface area contributed by atoms with E-state index in [1.54, 1.807) is 13.3 Å². The van der Waals surface area contributed by atoms with Crippen LogP contribution >= 0.6 is 0 Å². The maximum atomic E-state index is 5.18. The third-order valence-corrected chi connectivity index (χ3v) is 4.17. The number of benzene rings is 2. The largest absolute Gasteiger partial charge is 0.497 e. The predicted octanol–water partition coefficient (Wildman–Crippen LogP) is 4.50. The predicted molar refractivity (Wildman–Crippen MR) is 106 cm³/mol. The molecule has 0 aliphatic heterocycles. The molecule has 0 fully saturated rings. The Balaban J connectivity index is 1.59. The van der Waals surface area contributed by atoms with Gasteiger partial charge in [-0.15, -0.1) is 0 Å². The highest BCUT2D eigenvalue weighted by atomic mass is 16.5. The number of aromatic nitrogens is 2. The summed E-state index contributed by atoms with van der Waals surface area (Å²) in [5.41, 5.74) is 4.64. The van der Waals surface area contributed by atoms with E-state index in [0.29, 0.717) is 5.95 Å². The zero-order valence-corrected chi connectivity index (χ0v) is 15.4. The van der Waals surface area contributed by atoms with Gasteiger partial charge in [0, 0.05) is 18.4 Å². The van der Waals surface area contributed by atoms with Crippen molar-refractivity contribution in [2.24, 2.45) is 0 Å². The standard InChI is InChI=1S/C21H24N4O/c1-15-4-5-16(2)19(14-15)24-21-23-13-11-20(25-21)22-12-10-17-6-8-18(26-3)9-7-17/h4-9,11,13-14H,10,12H2,1-3H3,(H2,22,23,24,25). The van der Waals surface area contributed by atoms with Gasteiger partial charge in [-0.1, -0.05) is 24.3 Å². The average Bonchev–Trinajstić information content (AvgIpc) is 2.66. The highest BCUT2D eigenvalue weighted by Gasteiger charge is 2.03. The van der Waals surface area contributed by atoms with Crippen molar-refractivity contribution in [3.63, 3.8) is 0 Å². The number of nitrogens with zero attached hydrogens (tertiary/aromatic N) is 2. The minimum absolute atomic E-state index is 0.591. The topological polar surface area (TPSA) is 59.1 Å². The number of hydrogen-bond acceptors (Lipinski definition) is 5. The Kier molecular flexibility index (Phi) is 5.69. The Morgan fingerprint density at radius 3 is 2.58 bits per heavy atom. The first kappa shape index (κ1) is 17.7. The Hall–Kier alpha value is -3.08. The van der Waals surface area contributed by atoms with Crippen LogP contribution < -0.4 is 15.4 Å². The second-order valence-corrected chi connectivity index (χ2v) is 6.23. The third-order valence-electron chi connectivity index (χ3n) is 4.17. The molecule has 0 atom stereocenters. The lowest BCUT2D eigenvalue weighted by Crippen LogP contribution is -2.08. The molecular formula is C21H24N4O. The van der Waals surface area contributed by atoms with E-state index in [2.05, 4.69) is 64.8 Å². The van der Waals surface area contributed by atoms with Crippen LogP contribution in [0.4, 0.5) is 17.5 Å². The monoisotopic (exact) mass is 348 g/mol. The molecule has 5 nitrogen and oxygen atoms in total. The normalized spacial score (nSPS) is 10.4. The third kappa shape index (κ3) is 4.72. The van der Waals surface area contributed by atoms with Gasteiger partial charge in [-0.2, -0.15) is 4.98 Å². The summed E-state index contributed by atoms with van der Waals surface area (Å²) in [5.74, 6) is 2.27. The zero-order valence-electron chi connectivity index (χ0n) is 15.4. The number of hydrogen-bond donors (Lipinski definition) is 2. The molecule has 1 heterocycles. The van der Waals surface area contributed by atoms with Gasteiger partial charge in [0.05, 0.1) is 7.11 Å². The van der Waals surface area contributed by atoms with E-state index in [1.807, 2.05) is 18.2 Å². The molecule has 2 aromatic carbocycles. The molecule has 26 heavy (non-hydrogen) atoms. The van der Waals surface area contributed by atoms with Crippen LogP contribution in [0.25, 0.3) is 0 Å². The Labute approximate surface area is 154 Å². The molecule has 2 N–H and O–H groups in total. The van der Waals surface area contributed by atoms with Crippen molar-refractivity contribution in [3.8, 4) is 5.75 Å². The van der Waals surface area contributed by atoms with Gasteiger partial charge >= 0.3 is 0 Å². The SMILES string of the molecule is COc1ccc(CCNc2ccnc(Nc3cc(C)ccc3C)n2)cc1. The maximum Gasteiger partial charge on any atom is 0.229 e. The smallest absolute Gasteiger partial charge is 0.229 e. The highest BCUT2D eigenvalue weighted by molar-refractivity contribution is 5.60. The van der Waals surface area contributed by atoms with Crippen molar-refractivity contribution in [1.82, 2.24) is 9.97 Å². The fourth-order valence-electron chi connectivity index (χ4n) is 2.64. The lowest BCUT2D eigenvalue weighted by Gasteiger charge is -2.11. The summed E-state index contributed by atoms with van der Waals surface area (Å²) < 4.78 is 5.18. The van der Waals surface area contributed by atoms with Crippen LogP contribution in [-0.2, 0) is 6.42 Å². The molecule has 0 radical (unpaired) electrons. The molecule has 0 spiro atoms. The van der Waals surface area contributed by atoms with Crippen molar-refractivity contribution in [3.05, 3.63) is 71.4 Å². The second-order valence-electron chi connectivity index (χ2n) is 6.23. The van der Waals surface area contributed by atoms with Crippen molar-refractivity contribution >= 4 is 17.5 Å². The summed E-state index contributed by atoms with van der Waals surface area (Å²) in [7, 11) is 1.68. The Morgan fingerprint density at radius 1 is 1.00 bits per heavy atom. The van der Waals surface area contributed by atoms with E-state index in [1.165, 1.54) is 11.1 Å². The molecule has 0 saturated carbocycles. The molecule has 3 rings (SSSR count). The minimum atomic E-state index is 0.591. The number of ether oxygens (including phenoxy) is 1. The van der Waals surface area contributed by atoms with Gasteiger partial charge in [-0.25, -0.2) is 4.98 Å². The number of rotatable bonds is 7. The van der Waals surface area contributed by atoms with Crippen molar-refractivity contribution in [2.75, 3.05) is 24.3 Å². The van der Waals surface area contributed by atoms with Crippen LogP contribution in [0.2, 0.25) is 0 Å². The average molecular weight is 348 g/mol. The van der Waals surface area contributed by atoms with Gasteiger partial charge in [0.1, 0.15) is 11.6 Å². The Morgan fingerprint density at radius 2 is 1.81 bits per heavy atom. The second kappa shape index (κ2) is 8.34. The quantitative estimate of drug-likeness (QED) is 0.658. The molecule has 0 aliphatic carbocycles. The van der Waals surface area contributed by atoms with E-state index >= 15 is 0 Å². The lowest BCUT2D eigenvalue weighted by molar-refractivity contribution is 0.414. The number of methoxy groups -OCH3 is 1. The number of anilines is 3. The summed E-state index contributed by atoms with van der Waals surface area (Å²) in [6.07, 6.45) is 2.67. The van der Waals surface area contributed by atoms with Gasteiger partial charge in [-0.05, 0) is 61.2 Å². The van der Waals surface area contributed by atoms with Gasteiger partial charge < -0.3 is 15.4 Å². The van der Waals surface area contributed by atoms with Crippen LogP contribution in [-0.4, -0.2) is 23.6 Å². The Bertz CT molecular complexity index is 862. The zero-order chi connectivity index (χ0) is 18.4. The summed E-state index contributed by atoms with van der Waals surface area (Å²) in [6, 6.07) is 16.3. The highest BCUT2D eigenvalue weighted by Crippen LogP contribution is 2.20. The maximum absolute atomic E-state index is 5.18. The molecule has 0 amide bonds. The van der Waals surface area contributed by atoms with Crippen molar-refractivity contribution < 1.29 is 4.74 Å². The van der Waals surface area contributed by atoms with Gasteiger partial charge in [0.15, 0.2) is 0 Å². The fraction of sp³-hybridized carbons (Fsp3) is 0.238. The summed E-state index contributed by atoms with van der Waals surface area (Å²) in [4.78, 5) is 8.86. The molecule has 5 heteroatoms. The summed E-state index contributed by atoms with van der Waals surface area (Å²) in [6.45, 7) is 4.94. The number of nitrogens with one attached hydrogen (secondary N) is 2. The molecule has 0 unspecified atom stereocenters. The molecule has 0 bridgehead atoms. The van der Waals surface area contributed by atoms with Crippen molar-refractivity contribution in [1.29, 1.82) is 0 Å². The summed E-state index contributed by atoms with van der Waals surface area (Å²) >= 11 is 0. The van der Waals surface area contributed by atoms with E-state index in [4.69, 9.17) is 4.74 Å². The lowest BCUT2D eigenvalue weighted by atomic mass is 10.1. The van der Waals surface area contributed by atoms with Crippen molar-refractivity contribution in [2.45, 2.75) is 20.3 Å². The van der Waals surface area contributed by atoms with Crippen LogP contribution in [0, 0.1) is 13.8 Å². The molecule has 0 saturated heterocycles. The van der Waals surface area contributed by atoms with E-state index < -0.39 is 0 Å². The van der Waals surface area contributed by atoms with Crippen LogP contribution in [0.15, 0.2) is 54.7 Å².